The van der Waals surface area contributed by atoms with Crippen molar-refractivity contribution in [3.8, 4) is 0 Å². The van der Waals surface area contributed by atoms with E-state index in [1.165, 1.54) is 0 Å². The van der Waals surface area contributed by atoms with Crippen molar-refractivity contribution in [2.24, 2.45) is 0 Å². The molecule has 0 fully saturated rings. The van der Waals surface area contributed by atoms with Gasteiger partial charge in [0.25, 0.3) is 0 Å². The van der Waals surface area contributed by atoms with E-state index in [1.807, 2.05) is 6.92 Å². The quantitative estimate of drug-likeness (QED) is 0.344. The van der Waals surface area contributed by atoms with Crippen LogP contribution in [0.25, 0.3) is 0 Å². The minimum Gasteiger partial charge on any atom is -0.394 e. The van der Waals surface area contributed by atoms with Crippen molar-refractivity contribution in [3.63, 3.8) is 0 Å². The van der Waals surface area contributed by atoms with Gasteiger partial charge in [-0.3, -0.25) is 0 Å². The van der Waals surface area contributed by atoms with Gasteiger partial charge in [-0.05, 0) is 6.42 Å². The van der Waals surface area contributed by atoms with E-state index in [9.17, 15) is 10.2 Å². The van der Waals surface area contributed by atoms with E-state index in [4.69, 9.17) is 15.3 Å². The molecule has 0 bridgehead atoms. The number of rotatable bonds is 6. The Balaban J connectivity index is 3.99. The molecule has 0 aliphatic carbocycles. The summed E-state index contributed by atoms with van der Waals surface area (Å²) in [6.45, 7) is 1.18. The van der Waals surface area contributed by atoms with Gasteiger partial charge in [0.1, 0.15) is 18.3 Å². The van der Waals surface area contributed by atoms with Gasteiger partial charge < -0.3 is 25.5 Å². The van der Waals surface area contributed by atoms with Gasteiger partial charge in [0.05, 0.1) is 12.7 Å². The normalized spacial score (nSPS) is 20.8. The predicted octanol–water partition coefficient (Wildman–Crippen LogP) is -1.78. The molecule has 13 heavy (non-hydrogen) atoms. The fourth-order valence-corrected chi connectivity index (χ4v) is 1.03. The highest BCUT2D eigenvalue weighted by molar-refractivity contribution is 4.80. The van der Waals surface area contributed by atoms with E-state index in [0.29, 0.717) is 12.8 Å². The predicted molar refractivity (Wildman–Crippen MR) is 46.0 cm³/mol. The molecule has 0 amide bonds. The van der Waals surface area contributed by atoms with E-state index in [1.54, 1.807) is 0 Å². The Morgan fingerprint density at radius 3 is 1.77 bits per heavy atom. The Morgan fingerprint density at radius 2 is 1.38 bits per heavy atom. The molecular formula is C8H18O5. The molecule has 0 aliphatic rings. The molecule has 0 heterocycles. The summed E-state index contributed by atoms with van der Waals surface area (Å²) < 4.78 is 0. The van der Waals surface area contributed by atoms with Crippen LogP contribution >= 0.6 is 0 Å². The van der Waals surface area contributed by atoms with Crippen LogP contribution in [0.2, 0.25) is 0 Å². The largest absolute Gasteiger partial charge is 0.394 e. The lowest BCUT2D eigenvalue weighted by Gasteiger charge is -2.25. The van der Waals surface area contributed by atoms with Crippen molar-refractivity contribution in [2.45, 2.75) is 44.2 Å². The van der Waals surface area contributed by atoms with Crippen LogP contribution in [0.1, 0.15) is 19.8 Å². The molecule has 0 spiro atoms. The van der Waals surface area contributed by atoms with E-state index >= 15 is 0 Å². The van der Waals surface area contributed by atoms with E-state index in [2.05, 4.69) is 0 Å². The molecular weight excluding hydrogens is 176 g/mol. The minimum atomic E-state index is -1.51. The standard InChI is InChI=1S/C8H18O5/c1-2-3-5(10)7(12)8(13)6(11)4-9/h5-13H,2-4H2,1H3/t5-,6+,7+,8+/m1/s1. The molecule has 5 N–H and O–H groups in total. The second kappa shape index (κ2) is 6.28. The summed E-state index contributed by atoms with van der Waals surface area (Å²) in [6, 6.07) is 0. The molecule has 5 heteroatoms. The Morgan fingerprint density at radius 1 is 0.923 bits per heavy atom. The fourth-order valence-electron chi connectivity index (χ4n) is 1.03. The summed E-state index contributed by atoms with van der Waals surface area (Å²) in [5.41, 5.74) is 0. The molecule has 80 valence electrons. The molecule has 0 unspecified atom stereocenters. The second-order valence-electron chi connectivity index (χ2n) is 3.09. The zero-order valence-corrected chi connectivity index (χ0v) is 7.67. The third-order valence-electron chi connectivity index (χ3n) is 1.91. The number of hydrogen-bond acceptors (Lipinski definition) is 5. The summed E-state index contributed by atoms with van der Waals surface area (Å²) in [5.74, 6) is 0. The lowest BCUT2D eigenvalue weighted by molar-refractivity contribution is -0.116. The Labute approximate surface area is 77.3 Å². The molecule has 5 nitrogen and oxygen atoms in total. The van der Waals surface area contributed by atoms with Crippen LogP contribution in [-0.2, 0) is 0 Å². The van der Waals surface area contributed by atoms with Crippen LogP contribution in [-0.4, -0.2) is 56.6 Å². The molecule has 0 saturated heterocycles. The highest BCUT2D eigenvalue weighted by atomic mass is 16.4. The van der Waals surface area contributed by atoms with Crippen LogP contribution in [0.15, 0.2) is 0 Å². The highest BCUT2D eigenvalue weighted by Crippen LogP contribution is 2.09. The number of hydrogen-bond donors (Lipinski definition) is 5. The lowest BCUT2D eigenvalue weighted by Crippen LogP contribution is -2.45. The van der Waals surface area contributed by atoms with Gasteiger partial charge in [-0.1, -0.05) is 13.3 Å². The maximum Gasteiger partial charge on any atom is 0.110 e. The SMILES string of the molecule is CCC[C@@H](O)[C@H](O)[C@@H](O)[C@@H](O)CO. The van der Waals surface area contributed by atoms with E-state index in [0.717, 1.165) is 0 Å². The first-order valence-electron chi connectivity index (χ1n) is 4.37. The summed E-state index contributed by atoms with van der Waals surface area (Å²) in [5, 5.41) is 45.0. The first-order chi connectivity index (χ1) is 6.04. The molecule has 0 saturated carbocycles. The van der Waals surface area contributed by atoms with Crippen molar-refractivity contribution in [1.29, 1.82) is 0 Å². The van der Waals surface area contributed by atoms with Gasteiger partial charge in [0.2, 0.25) is 0 Å². The van der Waals surface area contributed by atoms with E-state index < -0.39 is 31.0 Å². The van der Waals surface area contributed by atoms with Crippen LogP contribution in [0.5, 0.6) is 0 Å². The first kappa shape index (κ1) is 12.8. The third-order valence-corrected chi connectivity index (χ3v) is 1.91. The Bertz CT molecular complexity index is 130. The van der Waals surface area contributed by atoms with Crippen molar-refractivity contribution in [2.75, 3.05) is 6.61 Å². The van der Waals surface area contributed by atoms with Crippen LogP contribution < -0.4 is 0 Å². The van der Waals surface area contributed by atoms with Crippen molar-refractivity contribution < 1.29 is 25.5 Å². The second-order valence-corrected chi connectivity index (χ2v) is 3.09. The fraction of sp³-hybridized carbons (Fsp3) is 1.00. The van der Waals surface area contributed by atoms with Gasteiger partial charge >= 0.3 is 0 Å². The van der Waals surface area contributed by atoms with Gasteiger partial charge in [0.15, 0.2) is 0 Å². The summed E-state index contributed by atoms with van der Waals surface area (Å²) in [6.07, 6.45) is -4.40. The molecule has 0 aromatic carbocycles. The molecule has 0 aliphatic heterocycles. The van der Waals surface area contributed by atoms with Crippen molar-refractivity contribution in [3.05, 3.63) is 0 Å². The average molecular weight is 194 g/mol. The topological polar surface area (TPSA) is 101 Å². The van der Waals surface area contributed by atoms with Gasteiger partial charge in [-0.15, -0.1) is 0 Å². The van der Waals surface area contributed by atoms with Crippen molar-refractivity contribution in [1.82, 2.24) is 0 Å². The number of aliphatic hydroxyl groups is 5. The molecule has 0 rings (SSSR count). The molecule has 4 atom stereocenters. The minimum absolute atomic E-state index is 0.344. The van der Waals surface area contributed by atoms with Crippen LogP contribution in [0.4, 0.5) is 0 Å². The zero-order valence-electron chi connectivity index (χ0n) is 7.67. The van der Waals surface area contributed by atoms with Gasteiger partial charge in [0, 0.05) is 0 Å². The highest BCUT2D eigenvalue weighted by Gasteiger charge is 2.29. The van der Waals surface area contributed by atoms with Crippen LogP contribution in [0, 0.1) is 0 Å². The first-order valence-corrected chi connectivity index (χ1v) is 4.37. The Hall–Kier alpha value is -0.200. The molecule has 0 aromatic heterocycles. The van der Waals surface area contributed by atoms with Crippen LogP contribution in [0.3, 0.4) is 0 Å². The summed E-state index contributed by atoms with van der Waals surface area (Å²) in [7, 11) is 0. The maximum atomic E-state index is 9.25. The Kier molecular flexibility index (Phi) is 6.19. The smallest absolute Gasteiger partial charge is 0.110 e. The average Bonchev–Trinajstić information content (AvgIpc) is 2.14. The van der Waals surface area contributed by atoms with Gasteiger partial charge in [-0.25, -0.2) is 0 Å². The lowest BCUT2D eigenvalue weighted by atomic mass is 10.0. The summed E-state index contributed by atoms with van der Waals surface area (Å²) >= 11 is 0. The maximum absolute atomic E-state index is 9.25. The monoisotopic (exact) mass is 194 g/mol. The molecule has 0 radical (unpaired) electrons. The number of aliphatic hydroxyl groups excluding tert-OH is 5. The van der Waals surface area contributed by atoms with Crippen molar-refractivity contribution >= 4 is 0 Å². The molecule has 0 aromatic rings. The third kappa shape index (κ3) is 4.02. The van der Waals surface area contributed by atoms with E-state index in [-0.39, 0.29) is 0 Å². The summed E-state index contributed by atoms with van der Waals surface area (Å²) in [4.78, 5) is 0. The zero-order chi connectivity index (χ0) is 10.4. The van der Waals surface area contributed by atoms with Gasteiger partial charge in [-0.2, -0.15) is 0 Å².